The molecule has 4 rings (SSSR count). The Balaban J connectivity index is 1.60. The number of fused-ring (bicyclic) bond motifs is 1. The van der Waals surface area contributed by atoms with Crippen molar-refractivity contribution in [3.8, 4) is 5.75 Å². The van der Waals surface area contributed by atoms with Crippen molar-refractivity contribution in [1.29, 1.82) is 0 Å². The highest BCUT2D eigenvalue weighted by molar-refractivity contribution is 6.37. The molecule has 3 aromatic rings. The number of piperidine rings is 1. The van der Waals surface area contributed by atoms with Crippen molar-refractivity contribution < 1.29 is 37.3 Å². The average molecular weight is 574 g/mol. The standard InChI is InChI=1S/C25H24Cl2F3N3O5/c1-32-17-11-15(38-25(28,29)30)4-3-14(17)10-18(32)22(35)20-21(26)16(12-31-23(20)27)24(36)33-7-5-13(6-8-33)9-19(34)37-2/h3-4,10-13,22,35H,5-9H2,1-2H3. The van der Waals surface area contributed by atoms with E-state index in [1.165, 1.54) is 36.1 Å². The summed E-state index contributed by atoms with van der Waals surface area (Å²) in [5.74, 6) is -0.991. The second kappa shape index (κ2) is 11.0. The lowest BCUT2D eigenvalue weighted by Crippen LogP contribution is -2.39. The summed E-state index contributed by atoms with van der Waals surface area (Å²) in [4.78, 5) is 30.5. The summed E-state index contributed by atoms with van der Waals surface area (Å²) < 4.78 is 48.1. The average Bonchev–Trinajstić information content (AvgIpc) is 3.19. The molecule has 1 fully saturated rings. The number of amides is 1. The largest absolute Gasteiger partial charge is 0.573 e. The minimum absolute atomic E-state index is 0.00238. The molecule has 8 nitrogen and oxygen atoms in total. The number of nitrogens with zero attached hydrogens (tertiary/aromatic N) is 3. The molecule has 1 unspecified atom stereocenters. The van der Waals surface area contributed by atoms with Gasteiger partial charge in [-0.05, 0) is 37.0 Å². The lowest BCUT2D eigenvalue weighted by molar-refractivity contribution is -0.274. The van der Waals surface area contributed by atoms with Crippen LogP contribution in [0.2, 0.25) is 10.2 Å². The van der Waals surface area contributed by atoms with Gasteiger partial charge in [-0.2, -0.15) is 0 Å². The van der Waals surface area contributed by atoms with Gasteiger partial charge in [0.05, 0.1) is 28.9 Å². The lowest BCUT2D eigenvalue weighted by atomic mass is 9.93. The predicted octanol–water partition coefficient (Wildman–Crippen LogP) is 5.28. The highest BCUT2D eigenvalue weighted by Crippen LogP contribution is 2.38. The summed E-state index contributed by atoms with van der Waals surface area (Å²) >= 11 is 12.9. The number of carbonyl (C=O) groups is 2. The van der Waals surface area contributed by atoms with E-state index in [1.54, 1.807) is 18.0 Å². The fraction of sp³-hybridized carbons (Fsp3) is 0.400. The molecule has 0 saturated carbocycles. The number of pyridine rings is 1. The number of esters is 1. The number of alkyl halides is 3. The fourth-order valence-electron chi connectivity index (χ4n) is 4.63. The van der Waals surface area contributed by atoms with Gasteiger partial charge in [0.25, 0.3) is 5.91 Å². The van der Waals surface area contributed by atoms with Gasteiger partial charge >= 0.3 is 12.3 Å². The van der Waals surface area contributed by atoms with Crippen molar-refractivity contribution in [3.05, 3.63) is 57.5 Å². The number of hydrogen-bond acceptors (Lipinski definition) is 6. The Morgan fingerprint density at radius 3 is 2.53 bits per heavy atom. The van der Waals surface area contributed by atoms with E-state index < -0.39 is 24.1 Å². The van der Waals surface area contributed by atoms with Gasteiger partial charge in [-0.1, -0.05) is 23.2 Å². The maximum absolute atomic E-state index is 13.3. The van der Waals surface area contributed by atoms with Crippen LogP contribution < -0.4 is 4.74 Å². The summed E-state index contributed by atoms with van der Waals surface area (Å²) in [6.45, 7) is 0.811. The van der Waals surface area contributed by atoms with Crippen LogP contribution in [0.4, 0.5) is 13.2 Å². The number of aliphatic hydroxyl groups is 1. The first-order valence-corrected chi connectivity index (χ1v) is 12.4. The Bertz CT molecular complexity index is 1370. The molecule has 0 spiro atoms. The molecule has 38 heavy (non-hydrogen) atoms. The quantitative estimate of drug-likeness (QED) is 0.318. The van der Waals surface area contributed by atoms with Gasteiger partial charge in [0.15, 0.2) is 0 Å². The van der Waals surface area contributed by atoms with Gasteiger partial charge in [0.2, 0.25) is 0 Å². The number of aromatic nitrogens is 2. The van der Waals surface area contributed by atoms with Gasteiger partial charge < -0.3 is 24.0 Å². The third-order valence-electron chi connectivity index (χ3n) is 6.66. The first kappa shape index (κ1) is 28.0. The zero-order valence-electron chi connectivity index (χ0n) is 20.4. The fourth-order valence-corrected chi connectivity index (χ4v) is 5.25. The molecular weight excluding hydrogens is 550 g/mol. The molecule has 1 N–H and O–H groups in total. The Morgan fingerprint density at radius 2 is 1.89 bits per heavy atom. The molecule has 13 heteroatoms. The van der Waals surface area contributed by atoms with Gasteiger partial charge in [0.1, 0.15) is 17.0 Å². The van der Waals surface area contributed by atoms with Crippen LogP contribution in [0.15, 0.2) is 30.5 Å². The number of ether oxygens (including phenoxy) is 2. The number of benzene rings is 1. The van der Waals surface area contributed by atoms with Crippen LogP contribution in [0.25, 0.3) is 10.9 Å². The van der Waals surface area contributed by atoms with Crippen LogP contribution in [-0.4, -0.2) is 58.0 Å². The van der Waals surface area contributed by atoms with Gasteiger partial charge in [-0.25, -0.2) is 4.98 Å². The van der Waals surface area contributed by atoms with E-state index in [1.807, 2.05) is 0 Å². The molecule has 1 aliphatic rings. The van der Waals surface area contributed by atoms with Crippen LogP contribution >= 0.6 is 23.2 Å². The number of likely N-dealkylation sites (tertiary alicyclic amines) is 1. The van der Waals surface area contributed by atoms with Crippen LogP contribution in [-0.2, 0) is 16.6 Å². The molecule has 1 aliphatic heterocycles. The molecule has 0 radical (unpaired) electrons. The third kappa shape index (κ3) is 5.84. The van der Waals surface area contributed by atoms with E-state index in [0.717, 1.165) is 0 Å². The topological polar surface area (TPSA) is 93.9 Å². The molecule has 1 atom stereocenters. The van der Waals surface area contributed by atoms with Gasteiger partial charge in [-0.3, -0.25) is 9.59 Å². The first-order valence-electron chi connectivity index (χ1n) is 11.6. The maximum atomic E-state index is 13.3. The Kier molecular flexibility index (Phi) is 8.10. The second-order valence-corrected chi connectivity index (χ2v) is 9.74. The maximum Gasteiger partial charge on any atom is 0.573 e. The van der Waals surface area contributed by atoms with E-state index in [0.29, 0.717) is 36.8 Å². The van der Waals surface area contributed by atoms with E-state index in [-0.39, 0.29) is 45.3 Å². The van der Waals surface area contributed by atoms with Crippen LogP contribution in [0.3, 0.4) is 0 Å². The second-order valence-electron chi connectivity index (χ2n) is 9.01. The number of rotatable bonds is 6. The minimum Gasteiger partial charge on any atom is -0.469 e. The SMILES string of the molecule is COC(=O)CC1CCN(C(=O)c2cnc(Cl)c(C(O)c3cc4ccc(OC(F)(F)F)cc4n3C)c2Cl)CC1. The number of hydrogen-bond donors (Lipinski definition) is 1. The summed E-state index contributed by atoms with van der Waals surface area (Å²) in [6.07, 6.45) is -3.53. The molecular formula is C25H24Cl2F3N3O5. The molecule has 1 aromatic carbocycles. The number of carbonyl (C=O) groups excluding carboxylic acids is 2. The van der Waals surface area contributed by atoms with E-state index in [4.69, 9.17) is 27.9 Å². The predicted molar refractivity (Wildman–Crippen MR) is 133 cm³/mol. The molecule has 0 aliphatic carbocycles. The number of halogens is 5. The monoisotopic (exact) mass is 573 g/mol. The first-order chi connectivity index (χ1) is 17.9. The lowest BCUT2D eigenvalue weighted by Gasteiger charge is -2.32. The normalized spacial score (nSPS) is 15.5. The number of aliphatic hydroxyl groups excluding tert-OH is 1. The van der Waals surface area contributed by atoms with E-state index in [2.05, 4.69) is 9.72 Å². The smallest absolute Gasteiger partial charge is 0.469 e. The van der Waals surface area contributed by atoms with Crippen molar-refractivity contribution in [2.45, 2.75) is 31.7 Å². The Hall–Kier alpha value is -3.02. The van der Waals surface area contributed by atoms with Crippen LogP contribution in [0.5, 0.6) is 5.75 Å². The summed E-state index contributed by atoms with van der Waals surface area (Å²) in [7, 11) is 2.89. The highest BCUT2D eigenvalue weighted by Gasteiger charge is 2.32. The molecule has 0 bridgehead atoms. The third-order valence-corrected chi connectivity index (χ3v) is 7.37. The van der Waals surface area contributed by atoms with E-state index >= 15 is 0 Å². The Morgan fingerprint density at radius 1 is 1.21 bits per heavy atom. The Labute approximate surface area is 225 Å². The highest BCUT2D eigenvalue weighted by atomic mass is 35.5. The molecule has 204 valence electrons. The van der Waals surface area contributed by atoms with E-state index in [9.17, 15) is 27.9 Å². The molecule has 1 amide bonds. The zero-order chi connectivity index (χ0) is 27.8. The van der Waals surface area contributed by atoms with Crippen molar-refractivity contribution in [2.75, 3.05) is 20.2 Å². The molecule has 3 heterocycles. The van der Waals surface area contributed by atoms with Crippen molar-refractivity contribution in [2.24, 2.45) is 13.0 Å². The zero-order valence-corrected chi connectivity index (χ0v) is 21.9. The minimum atomic E-state index is -4.85. The number of methoxy groups -OCH3 is 1. The van der Waals surface area contributed by atoms with Gasteiger partial charge in [-0.15, -0.1) is 13.2 Å². The number of aryl methyl sites for hydroxylation is 1. The molecule has 2 aromatic heterocycles. The summed E-state index contributed by atoms with van der Waals surface area (Å²) in [5, 5.41) is 11.6. The summed E-state index contributed by atoms with van der Waals surface area (Å²) in [6, 6.07) is 5.37. The van der Waals surface area contributed by atoms with Crippen LogP contribution in [0.1, 0.15) is 47.0 Å². The van der Waals surface area contributed by atoms with Crippen molar-refractivity contribution in [3.63, 3.8) is 0 Å². The van der Waals surface area contributed by atoms with Gasteiger partial charge in [0, 0.05) is 49.8 Å². The van der Waals surface area contributed by atoms with Crippen molar-refractivity contribution in [1.82, 2.24) is 14.5 Å². The van der Waals surface area contributed by atoms with Crippen molar-refractivity contribution >= 4 is 46.0 Å². The molecule has 1 saturated heterocycles. The summed E-state index contributed by atoms with van der Waals surface area (Å²) in [5.41, 5.74) is 0.680. The van der Waals surface area contributed by atoms with Crippen LogP contribution in [0, 0.1) is 5.92 Å².